The second-order valence-corrected chi connectivity index (χ2v) is 10.5. The molecule has 4 rings (SSSR count). The third-order valence-corrected chi connectivity index (χ3v) is 6.85. The van der Waals surface area contributed by atoms with Crippen molar-refractivity contribution in [3.63, 3.8) is 0 Å². The molecule has 1 atom stereocenters. The molecule has 1 aromatic heterocycles. The maximum atomic E-state index is 12.5. The van der Waals surface area contributed by atoms with Crippen molar-refractivity contribution in [2.75, 3.05) is 28.7 Å². The summed E-state index contributed by atoms with van der Waals surface area (Å²) in [6.45, 7) is 21.8. The normalized spacial score (nSPS) is 15.5. The van der Waals surface area contributed by atoms with Crippen molar-refractivity contribution in [1.29, 1.82) is 0 Å². The summed E-state index contributed by atoms with van der Waals surface area (Å²) < 4.78 is 5.95. The number of amides is 1. The van der Waals surface area contributed by atoms with Gasteiger partial charge in [-0.1, -0.05) is 80.2 Å². The van der Waals surface area contributed by atoms with E-state index in [4.69, 9.17) is 9.72 Å². The Hall–Kier alpha value is -2.83. The minimum atomic E-state index is 0.0698. The second kappa shape index (κ2) is 18.5. The molecule has 0 bridgehead atoms. The molecule has 1 N–H and O–H groups in total. The highest BCUT2D eigenvalue weighted by Gasteiger charge is 2.35. The average Bonchev–Trinajstić information content (AvgIpc) is 3.37. The lowest BCUT2D eigenvalue weighted by atomic mass is 10.0. The summed E-state index contributed by atoms with van der Waals surface area (Å²) in [5.41, 5.74) is 2.72. The number of nitrogens with one attached hydrogen (secondary N) is 1. The van der Waals surface area contributed by atoms with Crippen LogP contribution in [0.1, 0.15) is 113 Å². The van der Waals surface area contributed by atoms with E-state index < -0.39 is 0 Å². The highest BCUT2D eigenvalue weighted by molar-refractivity contribution is 5.97. The summed E-state index contributed by atoms with van der Waals surface area (Å²) in [5.74, 6) is 3.19. The van der Waals surface area contributed by atoms with Gasteiger partial charge in [0.25, 0.3) is 0 Å². The zero-order valence-corrected chi connectivity index (χ0v) is 27.3. The first-order valence-electron chi connectivity index (χ1n) is 15.7. The van der Waals surface area contributed by atoms with Crippen molar-refractivity contribution in [1.82, 2.24) is 9.97 Å². The number of carbonyl (C=O) groups excluding carboxylic acids is 1. The van der Waals surface area contributed by atoms with Gasteiger partial charge in [-0.3, -0.25) is 4.79 Å². The van der Waals surface area contributed by atoms with Crippen LogP contribution in [-0.2, 0) is 4.79 Å². The maximum absolute atomic E-state index is 12.5. The summed E-state index contributed by atoms with van der Waals surface area (Å²) in [6, 6.07) is 6.24. The number of hydrogen-bond donors (Lipinski definition) is 1. The van der Waals surface area contributed by atoms with Gasteiger partial charge >= 0.3 is 0 Å². The van der Waals surface area contributed by atoms with Gasteiger partial charge in [0.05, 0.1) is 18.0 Å². The number of carbonyl (C=O) groups is 1. The smallest absolute Gasteiger partial charge is 0.229 e. The fourth-order valence-corrected chi connectivity index (χ4v) is 5.01. The number of rotatable bonds is 8. The lowest BCUT2D eigenvalue weighted by Gasteiger charge is -2.24. The molecule has 2 aromatic rings. The Morgan fingerprint density at radius 1 is 1.07 bits per heavy atom. The Morgan fingerprint density at radius 3 is 2.33 bits per heavy atom. The number of nitrogens with zero attached hydrogens (tertiary/aromatic N) is 4. The lowest BCUT2D eigenvalue weighted by Crippen LogP contribution is -2.31. The van der Waals surface area contributed by atoms with Crippen LogP contribution >= 0.6 is 0 Å². The molecule has 1 saturated heterocycles. The third-order valence-electron chi connectivity index (χ3n) is 6.85. The molecule has 1 fully saturated rings. The molecule has 0 radical (unpaired) electrons. The molecule has 2 aliphatic rings. The quantitative estimate of drug-likeness (QED) is 0.351. The van der Waals surface area contributed by atoms with Crippen molar-refractivity contribution < 1.29 is 9.53 Å². The van der Waals surface area contributed by atoms with Gasteiger partial charge in [-0.25, -0.2) is 4.98 Å². The van der Waals surface area contributed by atoms with Crippen molar-refractivity contribution in [2.24, 2.45) is 5.92 Å². The predicted octanol–water partition coefficient (Wildman–Crippen LogP) is 8.93. The zero-order valence-electron chi connectivity index (χ0n) is 27.3. The van der Waals surface area contributed by atoms with E-state index in [9.17, 15) is 4.79 Å². The van der Waals surface area contributed by atoms with E-state index >= 15 is 0 Å². The molecule has 3 heterocycles. The minimum absolute atomic E-state index is 0.0698. The number of ether oxygens (including phenoxy) is 1. The number of hydrogen-bond acceptors (Lipinski definition) is 6. The molecule has 7 nitrogen and oxygen atoms in total. The highest BCUT2D eigenvalue weighted by Crippen LogP contribution is 2.38. The Balaban J connectivity index is 0.000000571. The van der Waals surface area contributed by atoms with Gasteiger partial charge in [-0.15, -0.1) is 0 Å². The van der Waals surface area contributed by atoms with Crippen molar-refractivity contribution >= 4 is 29.0 Å². The number of anilines is 4. The molecule has 1 aromatic carbocycles. The van der Waals surface area contributed by atoms with E-state index in [1.807, 2.05) is 66.7 Å². The molecule has 0 unspecified atom stereocenters. The molecule has 0 saturated carbocycles. The van der Waals surface area contributed by atoms with Crippen molar-refractivity contribution in [2.45, 2.75) is 126 Å². The van der Waals surface area contributed by atoms with E-state index in [1.54, 1.807) is 18.1 Å². The van der Waals surface area contributed by atoms with Crippen LogP contribution in [0.5, 0.6) is 5.75 Å². The molecule has 1 amide bonds. The first-order valence-corrected chi connectivity index (χ1v) is 15.7. The molecule has 226 valence electrons. The minimum Gasteiger partial charge on any atom is -0.489 e. The van der Waals surface area contributed by atoms with E-state index in [0.29, 0.717) is 12.4 Å². The Morgan fingerprint density at radius 2 is 1.73 bits per heavy atom. The van der Waals surface area contributed by atoms with Crippen LogP contribution in [0.3, 0.4) is 0 Å². The van der Waals surface area contributed by atoms with Crippen molar-refractivity contribution in [3.05, 3.63) is 30.0 Å². The summed E-state index contributed by atoms with van der Waals surface area (Å²) in [6.07, 6.45) is 9.96. The van der Waals surface area contributed by atoms with Crippen LogP contribution < -0.4 is 19.9 Å². The van der Waals surface area contributed by atoms with Gasteiger partial charge in [-0.2, -0.15) is 4.98 Å². The van der Waals surface area contributed by atoms with Crippen molar-refractivity contribution in [3.8, 4) is 5.75 Å². The molecule has 0 spiro atoms. The number of aromatic nitrogens is 2. The SMILES string of the molecule is CC.CC.CCCC(C)CCC.Cc1ccc(Nc2ncc3c(n2)N2CCC[C@H]2CC(=O)N3C)c(OC(C)C)c1. The molecular formula is C33H57N5O2. The van der Waals surface area contributed by atoms with Crippen LogP contribution in [0.15, 0.2) is 24.4 Å². The lowest BCUT2D eigenvalue weighted by molar-refractivity contribution is -0.118. The van der Waals surface area contributed by atoms with E-state index in [-0.39, 0.29) is 18.1 Å². The third kappa shape index (κ3) is 10.3. The molecule has 40 heavy (non-hydrogen) atoms. The topological polar surface area (TPSA) is 70.6 Å². The van der Waals surface area contributed by atoms with Gasteiger partial charge in [0.2, 0.25) is 11.9 Å². The van der Waals surface area contributed by atoms with Crippen LogP contribution in [0.2, 0.25) is 0 Å². The van der Waals surface area contributed by atoms with Crippen LogP contribution in [0.4, 0.5) is 23.1 Å². The summed E-state index contributed by atoms with van der Waals surface area (Å²) in [7, 11) is 1.80. The van der Waals surface area contributed by atoms with Crippen LogP contribution in [0.25, 0.3) is 0 Å². The Bertz CT molecular complexity index is 1000. The van der Waals surface area contributed by atoms with Crippen LogP contribution in [0, 0.1) is 12.8 Å². The van der Waals surface area contributed by atoms with E-state index in [1.165, 1.54) is 25.7 Å². The van der Waals surface area contributed by atoms with Gasteiger partial charge in [-0.05, 0) is 57.2 Å². The van der Waals surface area contributed by atoms with Gasteiger partial charge in [0.15, 0.2) is 5.82 Å². The molecule has 7 heteroatoms. The first kappa shape index (κ1) is 35.2. The van der Waals surface area contributed by atoms with E-state index in [0.717, 1.165) is 53.8 Å². The summed E-state index contributed by atoms with van der Waals surface area (Å²) in [5, 5.41) is 3.30. The Labute approximate surface area is 245 Å². The highest BCUT2D eigenvalue weighted by atomic mass is 16.5. The molecular weight excluding hydrogens is 498 g/mol. The number of benzene rings is 1. The first-order chi connectivity index (χ1) is 19.2. The standard InChI is InChI=1S/C21H27N5O2.C8H18.2C2H6/c1-13(2)28-18-10-14(3)7-8-16(18)23-21-22-12-17-20(24-21)26-9-5-6-15(26)11-19(27)25(17)4;1-4-6-8(3)7-5-2;2*1-2/h7-8,10,12-13,15H,5-6,9,11H2,1-4H3,(H,22,23,24);8H,4-7H2,1-3H3;2*1-2H3/t15-;;;/m0.../s1. The Kier molecular flexibility index (Phi) is 16.3. The van der Waals surface area contributed by atoms with Gasteiger partial charge in [0, 0.05) is 26.1 Å². The largest absolute Gasteiger partial charge is 0.489 e. The summed E-state index contributed by atoms with van der Waals surface area (Å²) >= 11 is 0. The summed E-state index contributed by atoms with van der Waals surface area (Å²) in [4.78, 5) is 25.7. The fraction of sp³-hybridized carbons (Fsp3) is 0.667. The zero-order chi connectivity index (χ0) is 30.2. The number of fused-ring (bicyclic) bond motifs is 3. The monoisotopic (exact) mass is 555 g/mol. The average molecular weight is 556 g/mol. The van der Waals surface area contributed by atoms with E-state index in [2.05, 4.69) is 36.0 Å². The molecule has 0 aliphatic carbocycles. The molecule has 2 aliphatic heterocycles. The van der Waals surface area contributed by atoms with Crippen LogP contribution in [-0.4, -0.2) is 41.6 Å². The van der Waals surface area contributed by atoms with Gasteiger partial charge < -0.3 is 19.9 Å². The fourth-order valence-electron chi connectivity index (χ4n) is 5.01. The maximum Gasteiger partial charge on any atom is 0.229 e. The predicted molar refractivity (Wildman–Crippen MR) is 172 cm³/mol. The van der Waals surface area contributed by atoms with Gasteiger partial charge in [0.1, 0.15) is 11.4 Å². The second-order valence-electron chi connectivity index (χ2n) is 10.5. The number of aryl methyl sites for hydroxylation is 1.